The van der Waals surface area contributed by atoms with Crippen LogP contribution in [0.2, 0.25) is 0 Å². The molecule has 0 unspecified atom stereocenters. The van der Waals surface area contributed by atoms with E-state index in [1.807, 2.05) is 46.8 Å². The monoisotopic (exact) mass is 442 g/mol. The molecule has 3 aromatic rings. The van der Waals surface area contributed by atoms with Gasteiger partial charge in [-0.05, 0) is 43.9 Å². The minimum absolute atomic E-state index is 0. The van der Waals surface area contributed by atoms with E-state index < -0.39 is 0 Å². The first-order valence-corrected chi connectivity index (χ1v) is 10.9. The summed E-state index contributed by atoms with van der Waals surface area (Å²) in [4.78, 5) is 34.3. The number of nitrogens with zero attached hydrogens (tertiary/aromatic N) is 2. The summed E-state index contributed by atoms with van der Waals surface area (Å²) in [5.74, 6) is 0.337. The lowest BCUT2D eigenvalue weighted by Gasteiger charge is -2.13. The van der Waals surface area contributed by atoms with E-state index >= 15 is 0 Å². The molecule has 0 bridgehead atoms. The molecule has 2 aromatic heterocycles. The molecular weight excluding hydrogens is 420 g/mol. The molecule has 6 nitrogen and oxygen atoms in total. The van der Waals surface area contributed by atoms with E-state index in [1.165, 1.54) is 0 Å². The van der Waals surface area contributed by atoms with Gasteiger partial charge in [0.15, 0.2) is 0 Å². The molecule has 2 fully saturated rings. The van der Waals surface area contributed by atoms with Crippen molar-refractivity contribution in [1.29, 1.82) is 0 Å². The molecule has 1 saturated heterocycles. The molecule has 2 N–H and O–H groups in total. The molecule has 1 saturated carbocycles. The van der Waals surface area contributed by atoms with Crippen LogP contribution in [0.15, 0.2) is 41.9 Å². The fourth-order valence-corrected chi connectivity index (χ4v) is 4.44. The summed E-state index contributed by atoms with van der Waals surface area (Å²) >= 11 is 1.55. The molecule has 0 atom stereocenters. The fraction of sp³-hybridized carbons (Fsp3) is 0.318. The van der Waals surface area contributed by atoms with Crippen LogP contribution in [-0.4, -0.2) is 39.8 Å². The summed E-state index contributed by atoms with van der Waals surface area (Å²) in [6.07, 6.45) is 5.97. The number of aromatic nitrogens is 2. The maximum Gasteiger partial charge on any atom is 0.270 e. The molecule has 3 heterocycles. The van der Waals surface area contributed by atoms with Gasteiger partial charge in [0.05, 0.1) is 5.69 Å². The van der Waals surface area contributed by atoms with Crippen LogP contribution in [-0.2, 0) is 4.79 Å². The van der Waals surface area contributed by atoms with Crippen LogP contribution < -0.4 is 5.32 Å². The first-order chi connectivity index (χ1) is 14.2. The van der Waals surface area contributed by atoms with E-state index in [-0.39, 0.29) is 30.1 Å². The van der Waals surface area contributed by atoms with Gasteiger partial charge in [-0.3, -0.25) is 9.59 Å². The van der Waals surface area contributed by atoms with Crippen LogP contribution in [0.1, 0.15) is 36.2 Å². The zero-order chi connectivity index (χ0) is 19.8. The van der Waals surface area contributed by atoms with Crippen LogP contribution in [0.4, 0.5) is 5.69 Å². The molecule has 8 heteroatoms. The first kappa shape index (κ1) is 20.6. The number of benzene rings is 1. The Bertz CT molecular complexity index is 1070. The van der Waals surface area contributed by atoms with Gasteiger partial charge in [0.25, 0.3) is 5.91 Å². The minimum Gasteiger partial charge on any atom is -0.357 e. The molecule has 1 aliphatic heterocycles. The number of thiazole rings is 1. The van der Waals surface area contributed by atoms with E-state index in [1.54, 1.807) is 11.3 Å². The van der Waals surface area contributed by atoms with Gasteiger partial charge in [0.2, 0.25) is 5.91 Å². The topological polar surface area (TPSA) is 78.1 Å². The van der Waals surface area contributed by atoms with Crippen molar-refractivity contribution in [3.63, 3.8) is 0 Å². The smallest absolute Gasteiger partial charge is 0.270 e. The highest BCUT2D eigenvalue weighted by Gasteiger charge is 2.29. The molecule has 0 radical (unpaired) electrons. The number of aromatic amines is 1. The normalized spacial score (nSPS) is 15.7. The fourth-order valence-electron chi connectivity index (χ4n) is 3.62. The Morgan fingerprint density at radius 2 is 1.93 bits per heavy atom. The Morgan fingerprint density at radius 3 is 2.70 bits per heavy atom. The number of nitrogens with one attached hydrogen (secondary N) is 2. The molecule has 1 aliphatic carbocycles. The third-order valence-corrected chi connectivity index (χ3v) is 6.32. The Kier molecular flexibility index (Phi) is 5.92. The third kappa shape index (κ3) is 4.27. The number of amides is 2. The van der Waals surface area contributed by atoms with E-state index in [9.17, 15) is 9.59 Å². The summed E-state index contributed by atoms with van der Waals surface area (Å²) in [6, 6.07) is 9.67. The first-order valence-electron chi connectivity index (χ1n) is 10.0. The molecule has 2 amide bonds. The van der Waals surface area contributed by atoms with Crippen molar-refractivity contribution in [3.8, 4) is 21.8 Å². The number of carbonyl (C=O) groups is 2. The Labute approximate surface area is 185 Å². The lowest BCUT2D eigenvalue weighted by atomic mass is 10.2. The highest BCUT2D eigenvalue weighted by Crippen LogP contribution is 2.33. The minimum atomic E-state index is 0. The van der Waals surface area contributed by atoms with Gasteiger partial charge in [-0.2, -0.15) is 0 Å². The number of anilines is 1. The Balaban J connectivity index is 0.00000218. The van der Waals surface area contributed by atoms with Gasteiger partial charge in [0.1, 0.15) is 10.7 Å². The van der Waals surface area contributed by atoms with Gasteiger partial charge in [0, 0.05) is 47.4 Å². The van der Waals surface area contributed by atoms with Crippen LogP contribution in [0.25, 0.3) is 21.8 Å². The number of rotatable bonds is 5. The van der Waals surface area contributed by atoms with Crippen molar-refractivity contribution in [1.82, 2.24) is 14.9 Å². The quantitative estimate of drug-likeness (QED) is 0.595. The van der Waals surface area contributed by atoms with Gasteiger partial charge in [-0.15, -0.1) is 23.7 Å². The lowest BCUT2D eigenvalue weighted by Crippen LogP contribution is -2.27. The highest BCUT2D eigenvalue weighted by atomic mass is 35.5. The van der Waals surface area contributed by atoms with Gasteiger partial charge >= 0.3 is 0 Å². The summed E-state index contributed by atoms with van der Waals surface area (Å²) < 4.78 is 0. The lowest BCUT2D eigenvalue weighted by molar-refractivity contribution is -0.117. The van der Waals surface area contributed by atoms with Crippen molar-refractivity contribution in [2.75, 3.05) is 18.4 Å². The Morgan fingerprint density at radius 1 is 1.13 bits per heavy atom. The van der Waals surface area contributed by atoms with Crippen molar-refractivity contribution in [2.24, 2.45) is 5.92 Å². The standard InChI is InChI=1S/C22H22N4O2S.ClH/c27-20(14-6-7-14)24-17-5-3-4-15(10-17)21-25-19(13-29-21)16-11-18(23-12-16)22(28)26-8-1-2-9-26;/h3-5,10-14,23H,1-2,6-9H2,(H,24,27);1H. The average molecular weight is 443 g/mol. The zero-order valence-electron chi connectivity index (χ0n) is 16.4. The SMILES string of the molecule is Cl.O=C(Nc1cccc(-c2nc(-c3c[nH]c(C(=O)N4CCCC4)c3)cs2)c1)C1CC1. The van der Waals surface area contributed by atoms with E-state index in [4.69, 9.17) is 4.98 Å². The Hall–Kier alpha value is -2.64. The number of halogens is 1. The van der Waals surface area contributed by atoms with Crippen LogP contribution in [0.5, 0.6) is 0 Å². The van der Waals surface area contributed by atoms with Crippen molar-refractivity contribution in [2.45, 2.75) is 25.7 Å². The van der Waals surface area contributed by atoms with Crippen LogP contribution in [0.3, 0.4) is 0 Å². The second-order valence-electron chi connectivity index (χ2n) is 7.68. The molecule has 1 aromatic carbocycles. The second kappa shape index (κ2) is 8.62. The van der Waals surface area contributed by atoms with Crippen molar-refractivity contribution >= 4 is 41.2 Å². The van der Waals surface area contributed by atoms with Gasteiger partial charge < -0.3 is 15.2 Å². The van der Waals surface area contributed by atoms with Gasteiger partial charge in [-0.25, -0.2) is 4.98 Å². The third-order valence-electron chi connectivity index (χ3n) is 5.43. The highest BCUT2D eigenvalue weighted by molar-refractivity contribution is 7.13. The number of hydrogen-bond donors (Lipinski definition) is 2. The largest absolute Gasteiger partial charge is 0.357 e. The van der Waals surface area contributed by atoms with E-state index in [0.717, 1.165) is 66.3 Å². The molecule has 156 valence electrons. The van der Waals surface area contributed by atoms with Crippen molar-refractivity contribution < 1.29 is 9.59 Å². The molecule has 0 spiro atoms. The summed E-state index contributed by atoms with van der Waals surface area (Å²) in [7, 11) is 0. The number of likely N-dealkylation sites (tertiary alicyclic amines) is 1. The predicted molar refractivity (Wildman–Crippen MR) is 121 cm³/mol. The van der Waals surface area contributed by atoms with Crippen molar-refractivity contribution in [3.05, 3.63) is 47.6 Å². The second-order valence-corrected chi connectivity index (χ2v) is 8.54. The zero-order valence-corrected chi connectivity index (χ0v) is 18.0. The van der Waals surface area contributed by atoms with Crippen LogP contribution >= 0.6 is 23.7 Å². The summed E-state index contributed by atoms with van der Waals surface area (Å²) in [6.45, 7) is 1.67. The molecule has 30 heavy (non-hydrogen) atoms. The predicted octanol–water partition coefficient (Wildman–Crippen LogP) is 4.81. The molecule has 2 aliphatic rings. The number of carbonyl (C=O) groups excluding carboxylic acids is 2. The summed E-state index contributed by atoms with van der Waals surface area (Å²) in [5.41, 5.74) is 4.14. The maximum absolute atomic E-state index is 12.5. The van der Waals surface area contributed by atoms with E-state index in [0.29, 0.717) is 5.69 Å². The maximum atomic E-state index is 12.5. The van der Waals surface area contributed by atoms with Gasteiger partial charge in [-0.1, -0.05) is 12.1 Å². The molecular formula is C22H23ClN4O2S. The molecule has 5 rings (SSSR count). The number of H-pyrrole nitrogens is 1. The van der Waals surface area contributed by atoms with Crippen LogP contribution in [0, 0.1) is 5.92 Å². The number of hydrogen-bond acceptors (Lipinski definition) is 4. The summed E-state index contributed by atoms with van der Waals surface area (Å²) in [5, 5.41) is 5.87. The van der Waals surface area contributed by atoms with E-state index in [2.05, 4.69) is 10.3 Å². The average Bonchev–Trinajstić information content (AvgIpc) is 3.17.